The first-order chi connectivity index (χ1) is 10.1. The second-order valence-corrected chi connectivity index (χ2v) is 4.57. The van der Waals surface area contributed by atoms with Gasteiger partial charge in [-0.05, 0) is 23.8 Å². The molecule has 1 N–H and O–H groups in total. The molecule has 0 aliphatic heterocycles. The van der Waals surface area contributed by atoms with Gasteiger partial charge in [0.05, 0.1) is 7.11 Å². The molecule has 0 radical (unpaired) electrons. The number of carbonyl (C=O) groups is 1. The minimum atomic E-state index is -0.981. The maximum Gasteiger partial charge on any atom is 0.328 e. The predicted molar refractivity (Wildman–Crippen MR) is 80.4 cm³/mol. The SMILES string of the molecule is CCc1nccn1Cc1ccc(OC)c(C=CC(=O)O)c1. The largest absolute Gasteiger partial charge is 0.496 e. The molecule has 0 amide bonds. The third-order valence-electron chi connectivity index (χ3n) is 3.17. The third-order valence-corrected chi connectivity index (χ3v) is 3.17. The average molecular weight is 286 g/mol. The lowest BCUT2D eigenvalue weighted by Crippen LogP contribution is -2.03. The number of carboxylic acids is 1. The quantitative estimate of drug-likeness (QED) is 0.829. The maximum absolute atomic E-state index is 10.7. The first-order valence-electron chi connectivity index (χ1n) is 6.72. The molecule has 0 aliphatic rings. The second kappa shape index (κ2) is 6.74. The van der Waals surface area contributed by atoms with Gasteiger partial charge in [0, 0.05) is 37.0 Å². The van der Waals surface area contributed by atoms with Crippen molar-refractivity contribution in [3.8, 4) is 5.75 Å². The van der Waals surface area contributed by atoms with Crippen LogP contribution in [0.1, 0.15) is 23.9 Å². The maximum atomic E-state index is 10.7. The van der Waals surface area contributed by atoms with E-state index in [1.54, 1.807) is 19.4 Å². The molecule has 0 spiro atoms. The molecular formula is C16H18N2O3. The smallest absolute Gasteiger partial charge is 0.328 e. The number of hydrogen-bond donors (Lipinski definition) is 1. The highest BCUT2D eigenvalue weighted by atomic mass is 16.5. The molecule has 0 saturated carbocycles. The van der Waals surface area contributed by atoms with Gasteiger partial charge >= 0.3 is 5.97 Å². The van der Waals surface area contributed by atoms with Crippen LogP contribution < -0.4 is 4.74 Å². The molecular weight excluding hydrogens is 268 g/mol. The van der Waals surface area contributed by atoms with Crippen molar-refractivity contribution in [1.29, 1.82) is 0 Å². The van der Waals surface area contributed by atoms with Crippen LogP contribution in [0.15, 0.2) is 36.7 Å². The Balaban J connectivity index is 2.29. The van der Waals surface area contributed by atoms with E-state index in [1.165, 1.54) is 0 Å². The minimum Gasteiger partial charge on any atom is -0.496 e. The van der Waals surface area contributed by atoms with Crippen molar-refractivity contribution in [3.05, 3.63) is 53.6 Å². The number of aryl methyl sites for hydroxylation is 1. The van der Waals surface area contributed by atoms with E-state index < -0.39 is 5.97 Å². The molecule has 0 unspecified atom stereocenters. The fraction of sp³-hybridized carbons (Fsp3) is 0.250. The Morgan fingerprint density at radius 2 is 2.29 bits per heavy atom. The molecule has 2 aromatic rings. The standard InChI is InChI=1S/C16H18N2O3/c1-3-15-17-8-9-18(15)11-12-4-6-14(21-2)13(10-12)5-7-16(19)20/h4-10H,3,11H2,1-2H3,(H,19,20). The molecule has 0 bridgehead atoms. The number of benzene rings is 1. The Morgan fingerprint density at radius 1 is 1.48 bits per heavy atom. The first-order valence-corrected chi connectivity index (χ1v) is 6.72. The molecule has 0 fully saturated rings. The number of imidazole rings is 1. The molecule has 1 heterocycles. The number of carboxylic acid groups (broad SMARTS) is 1. The summed E-state index contributed by atoms with van der Waals surface area (Å²) in [7, 11) is 1.57. The van der Waals surface area contributed by atoms with E-state index in [0.29, 0.717) is 12.3 Å². The minimum absolute atomic E-state index is 0.651. The third kappa shape index (κ3) is 3.72. The Bertz CT molecular complexity index is 659. The number of nitrogens with zero attached hydrogens (tertiary/aromatic N) is 2. The first kappa shape index (κ1) is 14.8. The summed E-state index contributed by atoms with van der Waals surface area (Å²) in [6, 6.07) is 5.74. The van der Waals surface area contributed by atoms with E-state index in [2.05, 4.69) is 16.5 Å². The Morgan fingerprint density at radius 3 is 2.95 bits per heavy atom. The Labute approximate surface area is 123 Å². The molecule has 2 rings (SSSR count). The number of aliphatic carboxylic acids is 1. The van der Waals surface area contributed by atoms with Crippen molar-refractivity contribution in [3.63, 3.8) is 0 Å². The van der Waals surface area contributed by atoms with Crippen LogP contribution in [0.5, 0.6) is 5.75 Å². The van der Waals surface area contributed by atoms with Crippen LogP contribution in [0.3, 0.4) is 0 Å². The number of aromatic nitrogens is 2. The van der Waals surface area contributed by atoms with Crippen molar-refractivity contribution < 1.29 is 14.6 Å². The van der Waals surface area contributed by atoms with Crippen LogP contribution in [0, 0.1) is 0 Å². The number of rotatable bonds is 6. The molecule has 110 valence electrons. The fourth-order valence-electron chi connectivity index (χ4n) is 2.17. The van der Waals surface area contributed by atoms with E-state index in [9.17, 15) is 4.79 Å². The predicted octanol–water partition coefficient (Wildman–Crippen LogP) is 2.60. The van der Waals surface area contributed by atoms with Gasteiger partial charge in [0.2, 0.25) is 0 Å². The summed E-state index contributed by atoms with van der Waals surface area (Å²) in [4.78, 5) is 15.0. The van der Waals surface area contributed by atoms with Crippen LogP contribution >= 0.6 is 0 Å². The van der Waals surface area contributed by atoms with Crippen molar-refractivity contribution in [2.24, 2.45) is 0 Å². The van der Waals surface area contributed by atoms with Gasteiger partial charge < -0.3 is 14.4 Å². The summed E-state index contributed by atoms with van der Waals surface area (Å²) < 4.78 is 7.33. The van der Waals surface area contributed by atoms with Gasteiger partial charge in [0.15, 0.2) is 0 Å². The van der Waals surface area contributed by atoms with Gasteiger partial charge in [-0.2, -0.15) is 0 Å². The highest BCUT2D eigenvalue weighted by Gasteiger charge is 2.05. The van der Waals surface area contributed by atoms with E-state index in [-0.39, 0.29) is 0 Å². The highest BCUT2D eigenvalue weighted by Crippen LogP contribution is 2.22. The number of methoxy groups -OCH3 is 1. The lowest BCUT2D eigenvalue weighted by Gasteiger charge is -2.10. The summed E-state index contributed by atoms with van der Waals surface area (Å²) >= 11 is 0. The lowest BCUT2D eigenvalue weighted by molar-refractivity contribution is -0.131. The van der Waals surface area contributed by atoms with Crippen LogP contribution in [-0.4, -0.2) is 27.7 Å². The van der Waals surface area contributed by atoms with Crippen LogP contribution in [0.2, 0.25) is 0 Å². The molecule has 5 heteroatoms. The summed E-state index contributed by atoms with van der Waals surface area (Å²) in [5, 5.41) is 8.74. The molecule has 1 aromatic carbocycles. The number of hydrogen-bond acceptors (Lipinski definition) is 3. The Kier molecular flexibility index (Phi) is 4.77. The molecule has 0 saturated heterocycles. The Hall–Kier alpha value is -2.56. The van der Waals surface area contributed by atoms with Crippen molar-refractivity contribution in [2.45, 2.75) is 19.9 Å². The molecule has 21 heavy (non-hydrogen) atoms. The average Bonchev–Trinajstić information content (AvgIpc) is 2.92. The van der Waals surface area contributed by atoms with E-state index in [1.807, 2.05) is 24.4 Å². The zero-order chi connectivity index (χ0) is 15.2. The second-order valence-electron chi connectivity index (χ2n) is 4.57. The van der Waals surface area contributed by atoms with Crippen molar-refractivity contribution in [2.75, 3.05) is 7.11 Å². The summed E-state index contributed by atoms with van der Waals surface area (Å²) in [5.74, 6) is 0.691. The van der Waals surface area contributed by atoms with Gasteiger partial charge in [-0.25, -0.2) is 9.78 Å². The summed E-state index contributed by atoms with van der Waals surface area (Å²) in [6.07, 6.45) is 7.24. The van der Waals surface area contributed by atoms with Crippen molar-refractivity contribution >= 4 is 12.0 Å². The van der Waals surface area contributed by atoms with Crippen LogP contribution in [0.25, 0.3) is 6.08 Å². The highest BCUT2D eigenvalue weighted by molar-refractivity contribution is 5.86. The van der Waals surface area contributed by atoms with Gasteiger partial charge in [0.1, 0.15) is 11.6 Å². The van der Waals surface area contributed by atoms with E-state index in [0.717, 1.165) is 29.4 Å². The zero-order valence-electron chi connectivity index (χ0n) is 12.1. The van der Waals surface area contributed by atoms with Crippen LogP contribution in [-0.2, 0) is 17.8 Å². The van der Waals surface area contributed by atoms with Gasteiger partial charge in [0.25, 0.3) is 0 Å². The van der Waals surface area contributed by atoms with Gasteiger partial charge in [-0.3, -0.25) is 0 Å². The molecule has 0 aliphatic carbocycles. The lowest BCUT2D eigenvalue weighted by atomic mass is 10.1. The van der Waals surface area contributed by atoms with Gasteiger partial charge in [-0.15, -0.1) is 0 Å². The topological polar surface area (TPSA) is 64.4 Å². The zero-order valence-corrected chi connectivity index (χ0v) is 12.1. The van der Waals surface area contributed by atoms with E-state index in [4.69, 9.17) is 9.84 Å². The molecule has 5 nitrogen and oxygen atoms in total. The van der Waals surface area contributed by atoms with E-state index >= 15 is 0 Å². The fourth-order valence-corrected chi connectivity index (χ4v) is 2.17. The monoisotopic (exact) mass is 286 g/mol. The molecule has 1 aromatic heterocycles. The number of ether oxygens (including phenoxy) is 1. The van der Waals surface area contributed by atoms with Crippen molar-refractivity contribution in [1.82, 2.24) is 9.55 Å². The van der Waals surface area contributed by atoms with Crippen LogP contribution in [0.4, 0.5) is 0 Å². The summed E-state index contributed by atoms with van der Waals surface area (Å²) in [5.41, 5.74) is 1.81. The normalized spacial score (nSPS) is 11.0. The molecule has 0 atom stereocenters. The van der Waals surface area contributed by atoms with Gasteiger partial charge in [-0.1, -0.05) is 13.0 Å². The summed E-state index contributed by atoms with van der Waals surface area (Å²) in [6.45, 7) is 2.76.